The average molecular weight is 236 g/mol. The van der Waals surface area contributed by atoms with Crippen LogP contribution in [0.3, 0.4) is 0 Å². The number of amides is 1. The van der Waals surface area contributed by atoms with E-state index in [1.165, 1.54) is 6.08 Å². The predicted octanol–water partition coefficient (Wildman–Crippen LogP) is 1.49. The Hall–Kier alpha value is -1.85. The number of rotatable bonds is 6. The van der Waals surface area contributed by atoms with E-state index >= 15 is 0 Å². The zero-order chi connectivity index (χ0) is 12.5. The van der Waals surface area contributed by atoms with E-state index in [1.54, 1.807) is 0 Å². The molecule has 0 atom stereocenters. The molecule has 17 heavy (non-hydrogen) atoms. The Bertz CT molecular complexity index is 363. The second-order valence-electron chi connectivity index (χ2n) is 3.37. The van der Waals surface area contributed by atoms with Gasteiger partial charge in [-0.1, -0.05) is 36.9 Å². The van der Waals surface area contributed by atoms with Crippen LogP contribution in [-0.4, -0.2) is 12.7 Å². The van der Waals surface area contributed by atoms with Gasteiger partial charge in [-0.2, -0.15) is 0 Å². The predicted molar refractivity (Wildman–Crippen MR) is 63.8 cm³/mol. The maximum atomic E-state index is 11.1. The van der Waals surface area contributed by atoms with Crippen LogP contribution in [0.5, 0.6) is 0 Å². The third kappa shape index (κ3) is 5.14. The molecule has 3 N–H and O–H groups in total. The molecule has 0 saturated heterocycles. The Kier molecular flexibility index (Phi) is 5.77. The van der Waals surface area contributed by atoms with Gasteiger partial charge in [0.15, 0.2) is 0 Å². The number of nitrogens with one attached hydrogen (secondary N) is 1. The minimum absolute atomic E-state index is 0.207. The summed E-state index contributed by atoms with van der Waals surface area (Å²) in [5.41, 5.74) is 1.95. The highest BCUT2D eigenvalue weighted by Crippen LogP contribution is 2.04. The number of nitrogens with two attached hydrogens (primary N) is 1. The average Bonchev–Trinajstić information content (AvgIpc) is 2.36. The van der Waals surface area contributed by atoms with Crippen molar-refractivity contribution < 1.29 is 14.4 Å². The first-order valence-electron chi connectivity index (χ1n) is 5.17. The summed E-state index contributed by atoms with van der Waals surface area (Å²) in [5.74, 6) is 4.96. The lowest BCUT2D eigenvalue weighted by molar-refractivity contribution is 0.124. The number of carbonyl (C=O) groups is 1. The van der Waals surface area contributed by atoms with Gasteiger partial charge in [0.2, 0.25) is 0 Å². The van der Waals surface area contributed by atoms with Crippen LogP contribution in [0.15, 0.2) is 36.9 Å². The standard InChI is InChI=1S/C12H16N2O3/c1-2-7-16-12(15)14-8-10-3-5-11(6-4-10)9-17-13/h2-6H,1,7-9,13H2,(H,14,15). The minimum Gasteiger partial charge on any atom is -0.445 e. The summed E-state index contributed by atoms with van der Waals surface area (Å²) in [5, 5.41) is 2.62. The van der Waals surface area contributed by atoms with Gasteiger partial charge in [-0.3, -0.25) is 4.84 Å². The molecule has 0 heterocycles. The fourth-order valence-corrected chi connectivity index (χ4v) is 1.21. The lowest BCUT2D eigenvalue weighted by Crippen LogP contribution is -2.23. The monoisotopic (exact) mass is 236 g/mol. The van der Waals surface area contributed by atoms with Gasteiger partial charge in [-0.25, -0.2) is 10.7 Å². The van der Waals surface area contributed by atoms with Crippen molar-refractivity contribution >= 4 is 6.09 Å². The number of alkyl carbamates (subject to hydrolysis) is 1. The van der Waals surface area contributed by atoms with E-state index in [4.69, 9.17) is 10.6 Å². The summed E-state index contributed by atoms with van der Waals surface area (Å²) in [6.45, 7) is 4.44. The Morgan fingerprint density at radius 1 is 1.35 bits per heavy atom. The molecule has 1 aromatic carbocycles. The van der Waals surface area contributed by atoms with Crippen molar-refractivity contribution in [1.82, 2.24) is 5.32 Å². The van der Waals surface area contributed by atoms with Gasteiger partial charge < -0.3 is 10.1 Å². The van der Waals surface area contributed by atoms with Gasteiger partial charge in [0.25, 0.3) is 0 Å². The molecule has 1 amide bonds. The molecule has 92 valence electrons. The molecule has 0 aliphatic heterocycles. The number of ether oxygens (including phenoxy) is 1. The van der Waals surface area contributed by atoms with E-state index in [9.17, 15) is 4.79 Å². The summed E-state index contributed by atoms with van der Waals surface area (Å²) in [4.78, 5) is 15.6. The summed E-state index contributed by atoms with van der Waals surface area (Å²) in [7, 11) is 0. The van der Waals surface area contributed by atoms with Crippen LogP contribution in [0.2, 0.25) is 0 Å². The topological polar surface area (TPSA) is 73.6 Å². The number of carbonyl (C=O) groups excluding carboxylic acids is 1. The Morgan fingerprint density at radius 2 is 2.00 bits per heavy atom. The number of hydrogen-bond donors (Lipinski definition) is 2. The molecule has 5 heteroatoms. The molecule has 0 fully saturated rings. The molecule has 0 bridgehead atoms. The van der Waals surface area contributed by atoms with Crippen LogP contribution in [0.25, 0.3) is 0 Å². The van der Waals surface area contributed by atoms with Gasteiger partial charge >= 0.3 is 6.09 Å². The molecule has 5 nitrogen and oxygen atoms in total. The highest BCUT2D eigenvalue weighted by Gasteiger charge is 2.00. The second kappa shape index (κ2) is 7.43. The second-order valence-corrected chi connectivity index (χ2v) is 3.37. The van der Waals surface area contributed by atoms with E-state index in [0.29, 0.717) is 13.2 Å². The maximum absolute atomic E-state index is 11.1. The van der Waals surface area contributed by atoms with Crippen LogP contribution in [0.1, 0.15) is 11.1 Å². The molecule has 0 radical (unpaired) electrons. The maximum Gasteiger partial charge on any atom is 0.407 e. The molecule has 0 unspecified atom stereocenters. The lowest BCUT2D eigenvalue weighted by atomic mass is 10.1. The van der Waals surface area contributed by atoms with Crippen LogP contribution in [0.4, 0.5) is 4.79 Å². The molecule has 0 aromatic heterocycles. The fourth-order valence-electron chi connectivity index (χ4n) is 1.21. The molecule has 1 rings (SSSR count). The fraction of sp³-hybridized carbons (Fsp3) is 0.250. The quantitative estimate of drug-likeness (QED) is 0.579. The normalized spacial score (nSPS) is 9.71. The van der Waals surface area contributed by atoms with Gasteiger partial charge in [-0.05, 0) is 11.1 Å². The molecule has 0 aliphatic rings. The van der Waals surface area contributed by atoms with E-state index in [1.807, 2.05) is 24.3 Å². The summed E-state index contributed by atoms with van der Waals surface area (Å²) >= 11 is 0. The zero-order valence-corrected chi connectivity index (χ0v) is 9.52. The molecular weight excluding hydrogens is 220 g/mol. The van der Waals surface area contributed by atoms with E-state index in [-0.39, 0.29) is 6.61 Å². The molecular formula is C12H16N2O3. The van der Waals surface area contributed by atoms with Gasteiger partial charge in [0.1, 0.15) is 6.61 Å². The first-order chi connectivity index (χ1) is 8.26. The van der Waals surface area contributed by atoms with Crippen molar-refractivity contribution in [1.29, 1.82) is 0 Å². The highest BCUT2D eigenvalue weighted by molar-refractivity contribution is 5.67. The van der Waals surface area contributed by atoms with E-state index < -0.39 is 6.09 Å². The van der Waals surface area contributed by atoms with Crippen LogP contribution in [-0.2, 0) is 22.7 Å². The van der Waals surface area contributed by atoms with Gasteiger partial charge in [0, 0.05) is 6.54 Å². The minimum atomic E-state index is -0.459. The Balaban J connectivity index is 2.36. The zero-order valence-electron chi connectivity index (χ0n) is 9.52. The summed E-state index contributed by atoms with van der Waals surface area (Å²) in [6, 6.07) is 7.56. The SMILES string of the molecule is C=CCOC(=O)NCc1ccc(CON)cc1. The lowest BCUT2D eigenvalue weighted by Gasteiger charge is -2.06. The van der Waals surface area contributed by atoms with E-state index in [0.717, 1.165) is 11.1 Å². The van der Waals surface area contributed by atoms with Crippen LogP contribution in [0, 0.1) is 0 Å². The molecule has 1 aromatic rings. The van der Waals surface area contributed by atoms with Crippen molar-refractivity contribution in [2.24, 2.45) is 5.90 Å². The number of benzene rings is 1. The van der Waals surface area contributed by atoms with Crippen LogP contribution < -0.4 is 11.2 Å². The highest BCUT2D eigenvalue weighted by atomic mass is 16.6. The summed E-state index contributed by atoms with van der Waals surface area (Å²) in [6.07, 6.45) is 1.06. The van der Waals surface area contributed by atoms with Crippen molar-refractivity contribution in [3.8, 4) is 0 Å². The van der Waals surface area contributed by atoms with Crippen molar-refractivity contribution in [2.45, 2.75) is 13.2 Å². The number of hydrogen-bond acceptors (Lipinski definition) is 4. The van der Waals surface area contributed by atoms with Gasteiger partial charge in [-0.15, -0.1) is 0 Å². The van der Waals surface area contributed by atoms with Gasteiger partial charge in [0.05, 0.1) is 6.61 Å². The van der Waals surface area contributed by atoms with Crippen molar-refractivity contribution in [3.05, 3.63) is 48.0 Å². The molecule has 0 saturated carbocycles. The van der Waals surface area contributed by atoms with Crippen molar-refractivity contribution in [3.63, 3.8) is 0 Å². The first-order valence-corrected chi connectivity index (χ1v) is 5.17. The summed E-state index contributed by atoms with van der Waals surface area (Å²) < 4.78 is 4.77. The van der Waals surface area contributed by atoms with Crippen molar-refractivity contribution in [2.75, 3.05) is 6.61 Å². The molecule has 0 spiro atoms. The van der Waals surface area contributed by atoms with E-state index in [2.05, 4.69) is 16.7 Å². The smallest absolute Gasteiger partial charge is 0.407 e. The molecule has 0 aliphatic carbocycles. The third-order valence-corrected chi connectivity index (χ3v) is 2.04. The van der Waals surface area contributed by atoms with Crippen LogP contribution >= 0.6 is 0 Å². The Labute approximate surface area is 100 Å². The third-order valence-electron chi connectivity index (χ3n) is 2.04. The Morgan fingerprint density at radius 3 is 2.59 bits per heavy atom. The first kappa shape index (κ1) is 13.2. The largest absolute Gasteiger partial charge is 0.445 e.